The van der Waals surface area contributed by atoms with Gasteiger partial charge in [-0.2, -0.15) is 0 Å². The van der Waals surface area contributed by atoms with E-state index in [1.54, 1.807) is 42.0 Å². The number of carbonyl (C=O) groups excluding carboxylic acids is 2. The van der Waals surface area contributed by atoms with Gasteiger partial charge in [-0.05, 0) is 55.0 Å². The van der Waals surface area contributed by atoms with Gasteiger partial charge in [0, 0.05) is 27.0 Å². The molecule has 3 rings (SSSR count). The highest BCUT2D eigenvalue weighted by molar-refractivity contribution is 9.09. The van der Waals surface area contributed by atoms with Crippen LogP contribution in [0.5, 0.6) is 5.75 Å². The van der Waals surface area contributed by atoms with Crippen LogP contribution in [0.25, 0.3) is 10.9 Å². The Kier molecular flexibility index (Phi) is 6.42. The monoisotopic (exact) mass is 463 g/mol. The summed E-state index contributed by atoms with van der Waals surface area (Å²) in [4.78, 5) is 25.4. The molecule has 3 aromatic rings. The van der Waals surface area contributed by atoms with Crippen LogP contribution in [-0.2, 0) is 16.0 Å². The Bertz CT molecular complexity index is 1030. The van der Waals surface area contributed by atoms with Gasteiger partial charge in [-0.15, -0.1) is 0 Å². The molecule has 0 aliphatic heterocycles. The molecule has 0 saturated carbocycles. The second-order valence-corrected chi connectivity index (χ2v) is 7.41. The molecule has 0 spiro atoms. The fourth-order valence-corrected chi connectivity index (χ4v) is 3.43. The van der Waals surface area contributed by atoms with Crippen molar-refractivity contribution in [2.45, 2.75) is 13.3 Å². The average Bonchev–Trinajstić information content (AvgIpc) is 2.97. The summed E-state index contributed by atoms with van der Waals surface area (Å²) >= 11 is 9.18. The van der Waals surface area contributed by atoms with Crippen molar-refractivity contribution in [3.05, 3.63) is 64.3 Å². The summed E-state index contributed by atoms with van der Waals surface area (Å²) in [6, 6.07) is 12.2. The molecule has 0 fully saturated rings. The third-order valence-electron chi connectivity index (χ3n) is 4.50. The molecule has 0 amide bonds. The minimum atomic E-state index is -0.344. The number of rotatable bonds is 6. The topological polar surface area (TPSA) is 57.5 Å². The molecule has 0 N–H and O–H groups in total. The zero-order valence-electron chi connectivity index (χ0n) is 15.5. The first kappa shape index (κ1) is 20.4. The minimum Gasteiger partial charge on any atom is -0.497 e. The van der Waals surface area contributed by atoms with E-state index in [2.05, 4.69) is 15.9 Å². The van der Waals surface area contributed by atoms with Crippen molar-refractivity contribution in [2.24, 2.45) is 0 Å². The number of fused-ring (bicyclic) bond motifs is 1. The number of carbonyl (C=O) groups is 2. The first-order valence-electron chi connectivity index (χ1n) is 8.66. The van der Waals surface area contributed by atoms with Crippen LogP contribution in [0.15, 0.2) is 42.5 Å². The lowest BCUT2D eigenvalue weighted by molar-refractivity contribution is -0.142. The summed E-state index contributed by atoms with van der Waals surface area (Å²) in [5.74, 6) is 0.117. The van der Waals surface area contributed by atoms with E-state index in [4.69, 9.17) is 21.1 Å². The van der Waals surface area contributed by atoms with Crippen LogP contribution in [0.1, 0.15) is 21.6 Å². The van der Waals surface area contributed by atoms with Crippen LogP contribution in [0.2, 0.25) is 5.02 Å². The number of nitrogens with zero attached hydrogens (tertiary/aromatic N) is 1. The second-order valence-electron chi connectivity index (χ2n) is 6.18. The maximum Gasteiger partial charge on any atom is 0.310 e. The number of hydrogen-bond acceptors (Lipinski definition) is 4. The highest BCUT2D eigenvalue weighted by Crippen LogP contribution is 2.31. The summed E-state index contributed by atoms with van der Waals surface area (Å²) in [7, 11) is 1.58. The lowest BCUT2D eigenvalue weighted by Crippen LogP contribution is -2.15. The fourth-order valence-electron chi connectivity index (χ4n) is 3.14. The van der Waals surface area contributed by atoms with Crippen LogP contribution in [-0.4, -0.2) is 35.5 Å². The van der Waals surface area contributed by atoms with Gasteiger partial charge >= 0.3 is 5.97 Å². The van der Waals surface area contributed by atoms with E-state index in [9.17, 15) is 9.59 Å². The largest absolute Gasteiger partial charge is 0.497 e. The van der Waals surface area contributed by atoms with Crippen molar-refractivity contribution in [3.8, 4) is 5.75 Å². The molecule has 0 aliphatic rings. The Morgan fingerprint density at radius 3 is 2.50 bits per heavy atom. The number of halogens is 2. The van der Waals surface area contributed by atoms with Crippen molar-refractivity contribution in [2.75, 3.05) is 19.0 Å². The van der Waals surface area contributed by atoms with Gasteiger partial charge < -0.3 is 9.47 Å². The molecule has 0 bridgehead atoms. The quantitative estimate of drug-likeness (QED) is 0.389. The average molecular weight is 465 g/mol. The Morgan fingerprint density at radius 2 is 1.86 bits per heavy atom. The van der Waals surface area contributed by atoms with E-state index in [0.717, 1.165) is 10.9 Å². The van der Waals surface area contributed by atoms with Crippen molar-refractivity contribution < 1.29 is 19.1 Å². The van der Waals surface area contributed by atoms with Crippen molar-refractivity contribution >= 4 is 50.3 Å². The molecule has 1 aromatic heterocycles. The molecule has 0 atom stereocenters. The molecular formula is C21H19BrClNO4. The van der Waals surface area contributed by atoms with E-state index in [-0.39, 0.29) is 18.3 Å². The summed E-state index contributed by atoms with van der Waals surface area (Å²) in [5, 5.41) is 1.92. The standard InChI is InChI=1S/C21H19BrClNO4/c1-13-17(12-20(25)28-10-9-22)18-11-16(27-2)7-8-19(18)24(13)21(26)14-3-5-15(23)6-4-14/h3-8,11H,9-10,12H2,1-2H3. The van der Waals surface area contributed by atoms with Crippen LogP contribution in [0.4, 0.5) is 0 Å². The van der Waals surface area contributed by atoms with E-state index in [1.165, 1.54) is 0 Å². The second kappa shape index (κ2) is 8.80. The molecule has 0 aliphatic carbocycles. The predicted molar refractivity (Wildman–Crippen MR) is 113 cm³/mol. The highest BCUT2D eigenvalue weighted by atomic mass is 79.9. The summed E-state index contributed by atoms with van der Waals surface area (Å²) in [6.45, 7) is 2.12. The molecule has 28 heavy (non-hydrogen) atoms. The van der Waals surface area contributed by atoms with Crippen LogP contribution in [0.3, 0.4) is 0 Å². The lowest BCUT2D eigenvalue weighted by atomic mass is 10.1. The van der Waals surface area contributed by atoms with Crippen molar-refractivity contribution in [1.82, 2.24) is 4.57 Å². The lowest BCUT2D eigenvalue weighted by Gasteiger charge is -2.08. The summed E-state index contributed by atoms with van der Waals surface area (Å²) in [5.41, 5.74) is 2.66. The third-order valence-corrected chi connectivity index (χ3v) is 5.07. The minimum absolute atomic E-state index is 0.0728. The maximum atomic E-state index is 13.2. The van der Waals surface area contributed by atoms with Gasteiger partial charge in [0.05, 0.1) is 19.0 Å². The zero-order valence-corrected chi connectivity index (χ0v) is 17.8. The number of benzene rings is 2. The molecule has 5 nitrogen and oxygen atoms in total. The number of hydrogen-bond donors (Lipinski definition) is 0. The van der Waals surface area contributed by atoms with Crippen molar-refractivity contribution in [1.29, 1.82) is 0 Å². The molecule has 0 radical (unpaired) electrons. The van der Waals surface area contributed by atoms with E-state index in [1.807, 2.05) is 19.1 Å². The van der Waals surface area contributed by atoms with Crippen LogP contribution >= 0.6 is 27.5 Å². The zero-order chi connectivity index (χ0) is 20.3. The highest BCUT2D eigenvalue weighted by Gasteiger charge is 2.22. The maximum absolute atomic E-state index is 13.2. The predicted octanol–water partition coefficient (Wildman–Crippen LogP) is 4.78. The van der Waals surface area contributed by atoms with Gasteiger partial charge in [0.25, 0.3) is 5.91 Å². The molecule has 0 unspecified atom stereocenters. The third kappa shape index (κ3) is 4.08. The number of ether oxygens (including phenoxy) is 2. The smallest absolute Gasteiger partial charge is 0.310 e. The van der Waals surface area contributed by atoms with Gasteiger partial charge in [0.1, 0.15) is 12.4 Å². The van der Waals surface area contributed by atoms with E-state index in [0.29, 0.717) is 39.5 Å². The summed E-state index contributed by atoms with van der Waals surface area (Å²) < 4.78 is 12.1. The fraction of sp³-hybridized carbons (Fsp3) is 0.238. The number of esters is 1. The molecule has 2 aromatic carbocycles. The van der Waals surface area contributed by atoms with Gasteiger partial charge in [0.15, 0.2) is 0 Å². The molecule has 146 valence electrons. The van der Waals surface area contributed by atoms with Gasteiger partial charge in [-0.1, -0.05) is 27.5 Å². The first-order chi connectivity index (χ1) is 13.5. The first-order valence-corrected chi connectivity index (χ1v) is 10.2. The van der Waals surface area contributed by atoms with E-state index >= 15 is 0 Å². The van der Waals surface area contributed by atoms with E-state index < -0.39 is 0 Å². The molecule has 0 saturated heterocycles. The molecule has 1 heterocycles. The number of methoxy groups -OCH3 is 1. The Hall–Kier alpha value is -2.31. The molecular weight excluding hydrogens is 446 g/mol. The molecule has 7 heteroatoms. The SMILES string of the molecule is COc1ccc2c(c1)c(CC(=O)OCCBr)c(C)n2C(=O)c1ccc(Cl)cc1. The van der Waals surface area contributed by atoms with Gasteiger partial charge in [0.2, 0.25) is 0 Å². The Morgan fingerprint density at radius 1 is 1.14 bits per heavy atom. The Balaban J connectivity index is 2.12. The van der Waals surface area contributed by atoms with Crippen LogP contribution < -0.4 is 4.74 Å². The number of alkyl halides is 1. The van der Waals surface area contributed by atoms with Gasteiger partial charge in [-0.25, -0.2) is 0 Å². The Labute approximate surface area is 176 Å². The normalized spacial score (nSPS) is 10.9. The van der Waals surface area contributed by atoms with Gasteiger partial charge in [-0.3, -0.25) is 14.2 Å². The van der Waals surface area contributed by atoms with Crippen LogP contribution in [0, 0.1) is 6.92 Å². The number of aromatic nitrogens is 1. The van der Waals surface area contributed by atoms with Crippen molar-refractivity contribution in [3.63, 3.8) is 0 Å². The summed E-state index contributed by atoms with van der Waals surface area (Å²) in [6.07, 6.45) is 0.0728.